The Morgan fingerprint density at radius 1 is 0.485 bits per heavy atom. The molecule has 1 saturated carbocycles. The maximum Gasteiger partial charge on any atom is 0.410 e. The van der Waals surface area contributed by atoms with Crippen LogP contribution in [0.3, 0.4) is 0 Å². The van der Waals surface area contributed by atoms with Gasteiger partial charge < -0.3 is 49.0 Å². The topological polar surface area (TPSA) is 266 Å². The molecule has 0 bridgehead atoms. The monoisotopic (exact) mass is 1410 g/mol. The lowest BCUT2D eigenvalue weighted by molar-refractivity contribution is -0.136. The van der Waals surface area contributed by atoms with E-state index >= 15 is 0 Å². The van der Waals surface area contributed by atoms with Crippen LogP contribution in [0, 0.1) is 11.8 Å². The van der Waals surface area contributed by atoms with Crippen LogP contribution in [0.1, 0.15) is 124 Å². The molecule has 550 valence electrons. The maximum absolute atomic E-state index is 13.3. The number of ether oxygens (including phenoxy) is 2. The molecular formula is C77H99N13O13. The smallest absolute Gasteiger partial charge is 0.410 e. The predicted octanol–water partition coefficient (Wildman–Crippen LogP) is 4.89. The van der Waals surface area contributed by atoms with Gasteiger partial charge in [-0.25, -0.2) is 9.59 Å². The predicted molar refractivity (Wildman–Crippen MR) is 384 cm³/mol. The van der Waals surface area contributed by atoms with Crippen molar-refractivity contribution in [3.05, 3.63) is 130 Å². The van der Waals surface area contributed by atoms with Crippen molar-refractivity contribution < 1.29 is 62.2 Å². The Morgan fingerprint density at radius 2 is 0.961 bits per heavy atom. The van der Waals surface area contributed by atoms with Gasteiger partial charge in [0.1, 0.15) is 31.3 Å². The molecular weight excluding hydrogens is 1310 g/mol. The number of imide groups is 3. The third-order valence-corrected chi connectivity index (χ3v) is 22.2. The van der Waals surface area contributed by atoms with Crippen molar-refractivity contribution in [2.75, 3.05) is 160 Å². The average Bonchev–Trinajstić information content (AvgIpc) is 1.62. The van der Waals surface area contributed by atoms with Crippen LogP contribution in [0.15, 0.2) is 97.1 Å². The molecule has 26 heteroatoms. The Morgan fingerprint density at radius 3 is 1.45 bits per heavy atom. The number of nitrogens with one attached hydrogen (secondary N) is 2. The number of hydrogen-bond donors (Lipinski definition) is 2. The lowest BCUT2D eigenvalue weighted by atomic mass is 9.92. The number of benzene rings is 4. The number of carbonyl (C=O) groups excluding carboxylic acids is 11. The number of amides is 8. The summed E-state index contributed by atoms with van der Waals surface area (Å²) in [5.41, 5.74) is 5.16. The van der Waals surface area contributed by atoms with Gasteiger partial charge in [-0.3, -0.25) is 68.2 Å². The quantitative estimate of drug-likeness (QED) is 0.0810. The number of piperidine rings is 3. The van der Waals surface area contributed by atoms with Gasteiger partial charge in [-0.05, 0) is 132 Å². The maximum atomic E-state index is 13.3. The Labute approximate surface area is 602 Å². The van der Waals surface area contributed by atoms with E-state index in [0.29, 0.717) is 79.6 Å². The van der Waals surface area contributed by atoms with Crippen molar-refractivity contribution in [3.8, 4) is 0 Å². The first kappa shape index (κ1) is 73.9. The summed E-state index contributed by atoms with van der Waals surface area (Å²) in [5, 5.41) is 5.47. The molecule has 1 aliphatic carbocycles. The molecule has 0 aromatic heterocycles. The van der Waals surface area contributed by atoms with E-state index in [1.54, 1.807) is 24.3 Å². The number of hydrogen-bond acceptors (Lipinski definition) is 21. The summed E-state index contributed by atoms with van der Waals surface area (Å²) in [7, 11) is 0. The van der Waals surface area contributed by atoms with Crippen molar-refractivity contribution in [2.45, 2.75) is 109 Å². The molecule has 26 nitrogen and oxygen atoms in total. The largest absolute Gasteiger partial charge is 0.445 e. The zero-order valence-electron chi connectivity index (χ0n) is 59.5. The van der Waals surface area contributed by atoms with Gasteiger partial charge >= 0.3 is 12.2 Å². The molecule has 7 saturated heterocycles. The van der Waals surface area contributed by atoms with Crippen molar-refractivity contribution in [3.63, 3.8) is 0 Å². The standard InChI is InChI=1S/C39H50N6O6.C21H31N3O3.C17H18N4O4/c1-28-25-44(39(50)51-27-30-5-3-2-4-6-30)22-21-42(28)18-15-40-13-11-29(12-14-40)26-41-16-19-43(20-17-41)31-7-9-33-34(23-31)38(49)45(37(33)48)35-10-8-32(46)24-36(35)47;1-18-15-24(21(26)27-17-20-5-3-2-4-6-20)14-13-23(18)12-11-22-9-7-19(16-25)8-10-22;22-14-4-3-13(15(23)19-14)21-16(24)11-2-1-10(9-12(11)17(21)25)20-7-5-18-6-8-20/h2-7,9,23,28-29,35H,8,10-22,24-27H2,1H3;2-6,16,18-19H,7-15,17H2,1H3;1-2,9,13,18H,3-8H2,(H,19,22,23)/t28-,35?;18-;/m00./s1. The van der Waals surface area contributed by atoms with Gasteiger partial charge in [-0.15, -0.1) is 0 Å². The van der Waals surface area contributed by atoms with E-state index in [4.69, 9.17) is 9.47 Å². The van der Waals surface area contributed by atoms with E-state index < -0.39 is 41.6 Å². The summed E-state index contributed by atoms with van der Waals surface area (Å²) in [6.45, 7) is 26.1. The number of fused-ring (bicyclic) bond motifs is 2. The minimum absolute atomic E-state index is 0.121. The summed E-state index contributed by atoms with van der Waals surface area (Å²) >= 11 is 0. The number of Topliss-reactive ketones (excluding diaryl/α,β-unsaturated/α-hetero) is 2. The fraction of sp³-hybridized carbons (Fsp3) is 0.545. The molecule has 9 heterocycles. The minimum atomic E-state index is -0.923. The van der Waals surface area contributed by atoms with Crippen LogP contribution < -0.4 is 20.4 Å². The van der Waals surface area contributed by atoms with E-state index in [0.717, 1.165) is 176 Å². The fourth-order valence-electron chi connectivity index (χ4n) is 15.8. The minimum Gasteiger partial charge on any atom is -0.445 e. The summed E-state index contributed by atoms with van der Waals surface area (Å²) < 4.78 is 11.0. The molecule has 4 atom stereocenters. The number of anilines is 2. The van der Waals surface area contributed by atoms with Gasteiger partial charge in [0, 0.05) is 167 Å². The Kier molecular flexibility index (Phi) is 24.9. The highest BCUT2D eigenvalue weighted by molar-refractivity contribution is 6.25. The van der Waals surface area contributed by atoms with Crippen molar-refractivity contribution >= 4 is 76.9 Å². The van der Waals surface area contributed by atoms with E-state index in [-0.39, 0.29) is 67.7 Å². The molecule has 8 fully saturated rings. The Balaban J connectivity index is 0.000000161. The zero-order chi connectivity index (χ0) is 72.1. The average molecular weight is 1410 g/mol. The van der Waals surface area contributed by atoms with Gasteiger partial charge in [-0.2, -0.15) is 0 Å². The van der Waals surface area contributed by atoms with Gasteiger partial charge in [0.25, 0.3) is 23.6 Å². The number of likely N-dealkylation sites (tertiary alicyclic amines) is 2. The van der Waals surface area contributed by atoms with Crippen molar-refractivity contribution in [1.82, 2.24) is 54.7 Å². The summed E-state index contributed by atoms with van der Waals surface area (Å²) in [6.07, 6.45) is 5.54. The number of carbonyl (C=O) groups is 11. The SMILES string of the molecule is C[C@H]1CN(C(=O)OCc2ccccc2)CCN1CCN1CCC(C=O)CC1.C[C@H]1CN(C(=O)OCc2ccccc2)CCN1CCN1CCC(CN2CCN(c3ccc4c(c3)C(=O)N(C3CCC(=O)CC3=O)C4=O)CC2)CC1.O=C1CCC(N2C(=O)c3ccc(N4CCNCC4)cc3C2=O)C(=O)N1. The van der Waals surface area contributed by atoms with Gasteiger partial charge in [0.2, 0.25) is 11.8 Å². The zero-order valence-corrected chi connectivity index (χ0v) is 59.5. The van der Waals surface area contributed by atoms with Crippen molar-refractivity contribution in [2.24, 2.45) is 11.8 Å². The highest BCUT2D eigenvalue weighted by Crippen LogP contribution is 2.34. The lowest BCUT2D eigenvalue weighted by Crippen LogP contribution is -2.55. The molecule has 0 radical (unpaired) electrons. The molecule has 103 heavy (non-hydrogen) atoms. The lowest BCUT2D eigenvalue weighted by Gasteiger charge is -2.41. The van der Waals surface area contributed by atoms with Gasteiger partial charge in [0.15, 0.2) is 5.78 Å². The third kappa shape index (κ3) is 18.4. The second kappa shape index (κ2) is 34.7. The molecule has 14 rings (SSSR count). The molecule has 2 N–H and O–H groups in total. The normalized spacial score (nSPS) is 23.7. The first-order chi connectivity index (χ1) is 49.9. The second-order valence-corrected chi connectivity index (χ2v) is 29.0. The van der Waals surface area contributed by atoms with E-state index in [9.17, 15) is 52.7 Å². The molecule has 2 unspecified atom stereocenters. The van der Waals surface area contributed by atoms with E-state index in [1.165, 1.54) is 12.8 Å². The van der Waals surface area contributed by atoms with Crippen LogP contribution in [0.25, 0.3) is 0 Å². The number of nitrogens with zero attached hydrogens (tertiary/aromatic N) is 11. The van der Waals surface area contributed by atoms with Crippen molar-refractivity contribution in [1.29, 1.82) is 0 Å². The number of aldehydes is 1. The summed E-state index contributed by atoms with van der Waals surface area (Å²) in [6, 6.07) is 29.1. The summed E-state index contributed by atoms with van der Waals surface area (Å²) in [4.78, 5) is 158. The van der Waals surface area contributed by atoms with Gasteiger partial charge in [-0.1, -0.05) is 60.7 Å². The Bertz CT molecular complexity index is 3720. The first-order valence-electron chi connectivity index (χ1n) is 37.1. The first-order valence-corrected chi connectivity index (χ1v) is 37.1. The number of rotatable bonds is 17. The third-order valence-electron chi connectivity index (χ3n) is 22.2. The van der Waals surface area contributed by atoms with Gasteiger partial charge in [0.05, 0.1) is 34.7 Å². The Hall–Kier alpha value is -8.79. The number of piperazine rings is 4. The molecule has 9 aliphatic heterocycles. The van der Waals surface area contributed by atoms with Crippen LogP contribution in [0.5, 0.6) is 0 Å². The van der Waals surface area contributed by atoms with Crippen LogP contribution in [-0.2, 0) is 46.7 Å². The van der Waals surface area contributed by atoms with E-state index in [1.807, 2.05) is 82.6 Å². The van der Waals surface area contributed by atoms with E-state index in [2.05, 4.69) is 58.8 Å². The second-order valence-electron chi connectivity index (χ2n) is 29.0. The molecule has 4 aromatic carbocycles. The highest BCUT2D eigenvalue weighted by atomic mass is 16.6. The fourth-order valence-corrected chi connectivity index (χ4v) is 15.8. The highest BCUT2D eigenvalue weighted by Gasteiger charge is 2.47. The van der Waals surface area contributed by atoms with Crippen LogP contribution in [0.2, 0.25) is 0 Å². The molecule has 10 aliphatic rings. The molecule has 0 spiro atoms. The van der Waals surface area contributed by atoms with Crippen LogP contribution in [0.4, 0.5) is 21.0 Å². The molecule has 4 aromatic rings. The van der Waals surface area contributed by atoms with Crippen LogP contribution >= 0.6 is 0 Å². The van der Waals surface area contributed by atoms with Crippen LogP contribution in [-0.4, -0.2) is 284 Å². The number of ketones is 2. The summed E-state index contributed by atoms with van der Waals surface area (Å²) in [5.74, 6) is -2.30. The molecule has 8 amide bonds.